The van der Waals surface area contributed by atoms with E-state index in [1.54, 1.807) is 19.1 Å². The minimum absolute atomic E-state index is 0.0715. The Balaban J connectivity index is 0.000000876. The fourth-order valence-corrected chi connectivity index (χ4v) is 6.46. The Hall–Kier alpha value is -2.98. The topological polar surface area (TPSA) is 93.8 Å². The van der Waals surface area contributed by atoms with E-state index in [2.05, 4.69) is 42.8 Å². The second kappa shape index (κ2) is 19.4. The molecule has 3 unspecified atom stereocenters. The fraction of sp³-hybridized carbons (Fsp3) is 0.457. The van der Waals surface area contributed by atoms with E-state index in [0.29, 0.717) is 52.1 Å². The van der Waals surface area contributed by atoms with Crippen LogP contribution in [0.1, 0.15) is 71.3 Å². The van der Waals surface area contributed by atoms with Gasteiger partial charge < -0.3 is 15.8 Å². The van der Waals surface area contributed by atoms with Crippen molar-refractivity contribution < 1.29 is 14.3 Å². The minimum Gasteiger partial charge on any atom is -0.468 e. The number of carbonyl (C=O) groups is 2. The Morgan fingerprint density at radius 1 is 1.11 bits per heavy atom. The summed E-state index contributed by atoms with van der Waals surface area (Å²) < 4.78 is 4.15. The van der Waals surface area contributed by atoms with E-state index >= 15 is 0 Å². The van der Waals surface area contributed by atoms with Crippen molar-refractivity contribution in [2.75, 3.05) is 6.61 Å². The molecule has 2 fully saturated rings. The van der Waals surface area contributed by atoms with Gasteiger partial charge in [0.2, 0.25) is 0 Å². The van der Waals surface area contributed by atoms with Crippen LogP contribution in [0.25, 0.3) is 0 Å². The molecule has 2 aromatic carbocycles. The van der Waals surface area contributed by atoms with E-state index in [9.17, 15) is 9.59 Å². The van der Waals surface area contributed by atoms with Crippen molar-refractivity contribution in [2.45, 2.75) is 78.2 Å². The number of hydrogen-bond acceptors (Lipinski definition) is 5. The number of amides is 1. The van der Waals surface area contributed by atoms with Crippen molar-refractivity contribution in [3.63, 3.8) is 0 Å². The summed E-state index contributed by atoms with van der Waals surface area (Å²) in [6.45, 7) is 7.04. The molecule has 2 aromatic rings. The van der Waals surface area contributed by atoms with Gasteiger partial charge in [0.1, 0.15) is 5.70 Å². The third-order valence-corrected chi connectivity index (χ3v) is 8.83. The second-order valence-corrected chi connectivity index (χ2v) is 12.5. The number of nitrogens with zero attached hydrogens (tertiary/aromatic N) is 1. The van der Waals surface area contributed by atoms with Crippen LogP contribution in [0, 0.1) is 30.6 Å². The van der Waals surface area contributed by atoms with Gasteiger partial charge in [0.05, 0.1) is 17.3 Å². The summed E-state index contributed by atoms with van der Waals surface area (Å²) in [6, 6.07) is 13.3. The lowest BCUT2D eigenvalue weighted by atomic mass is 9.87. The van der Waals surface area contributed by atoms with Crippen molar-refractivity contribution in [3.05, 3.63) is 74.4 Å². The summed E-state index contributed by atoms with van der Waals surface area (Å²) in [7, 11) is 0. The first kappa shape index (κ1) is 37.2. The van der Waals surface area contributed by atoms with Gasteiger partial charge in [-0.1, -0.05) is 66.7 Å². The SMILES string of the molecule is C#C.CC1CCC([C@@H](C)NC(=O)/C(N)=C2\CCCCC(Cc3cccc(Cl)c3)C2=Nc2ccc(Cl)cc2Cl)C1.CCOC=O. The zero-order valence-corrected chi connectivity index (χ0v) is 28.1. The Morgan fingerprint density at radius 3 is 2.43 bits per heavy atom. The minimum atomic E-state index is -0.208. The summed E-state index contributed by atoms with van der Waals surface area (Å²) in [5.74, 6) is 1.06. The molecular weight excluding hydrogens is 617 g/mol. The summed E-state index contributed by atoms with van der Waals surface area (Å²) in [5.41, 5.74) is 10.3. The Kier molecular flexibility index (Phi) is 16.4. The Labute approximate surface area is 277 Å². The number of rotatable bonds is 8. The van der Waals surface area contributed by atoms with Gasteiger partial charge in [0.15, 0.2) is 0 Å². The van der Waals surface area contributed by atoms with E-state index in [4.69, 9.17) is 45.5 Å². The quantitative estimate of drug-likeness (QED) is 0.128. The van der Waals surface area contributed by atoms with Crippen LogP contribution in [0.15, 0.2) is 58.7 Å². The van der Waals surface area contributed by atoms with Crippen LogP contribution in [-0.2, 0) is 20.7 Å². The number of carbonyl (C=O) groups excluding carboxylic acids is 2. The van der Waals surface area contributed by atoms with Gasteiger partial charge in [0, 0.05) is 33.3 Å². The molecule has 0 radical (unpaired) electrons. The van der Waals surface area contributed by atoms with Crippen LogP contribution in [-0.4, -0.2) is 30.7 Å². The maximum atomic E-state index is 13.4. The molecule has 0 heterocycles. The fourth-order valence-electron chi connectivity index (χ4n) is 5.80. The standard InChI is InChI=1S/C30H36Cl3N3O.C3H6O2.C2H2/c1-18-10-11-21(14-18)19(2)35-30(37)28(34)25-9-4-3-7-22(15-20-6-5-8-23(31)16-20)29(25)36-27-13-12-24(32)17-26(27)33;1-2-5-3-4;1-2/h5-6,8,12-13,16-19,21-22H,3-4,7,9-11,14-15,34H2,1-2H3,(H,35,37);3H,2H2,1H3;1-2H/b28-25-,36-29?;;/t18?,19-,21?,22?;;/m1../s1. The monoisotopic (exact) mass is 659 g/mol. The predicted molar refractivity (Wildman–Crippen MR) is 184 cm³/mol. The highest BCUT2D eigenvalue weighted by molar-refractivity contribution is 6.36. The van der Waals surface area contributed by atoms with E-state index in [1.807, 2.05) is 24.3 Å². The number of nitrogens with two attached hydrogens (primary N) is 1. The van der Waals surface area contributed by atoms with Gasteiger partial charge in [-0.05, 0) is 100 Å². The lowest BCUT2D eigenvalue weighted by molar-refractivity contribution is -0.128. The van der Waals surface area contributed by atoms with E-state index < -0.39 is 0 Å². The zero-order valence-electron chi connectivity index (χ0n) is 25.8. The molecule has 6 nitrogen and oxygen atoms in total. The molecule has 0 bridgehead atoms. The average molecular weight is 661 g/mol. The highest BCUT2D eigenvalue weighted by Gasteiger charge is 2.30. The van der Waals surface area contributed by atoms with E-state index in [1.165, 1.54) is 6.42 Å². The molecule has 2 saturated carbocycles. The van der Waals surface area contributed by atoms with Gasteiger partial charge in [-0.25, -0.2) is 0 Å². The van der Waals surface area contributed by atoms with Crippen molar-refractivity contribution in [2.24, 2.45) is 28.5 Å². The highest BCUT2D eigenvalue weighted by atomic mass is 35.5. The van der Waals surface area contributed by atoms with Gasteiger partial charge >= 0.3 is 0 Å². The average Bonchev–Trinajstić information content (AvgIpc) is 3.35. The number of allylic oxidation sites excluding steroid dienone is 1. The number of halogens is 3. The smallest absolute Gasteiger partial charge is 0.293 e. The number of hydrogen-bond donors (Lipinski definition) is 2. The molecule has 238 valence electrons. The van der Waals surface area contributed by atoms with Crippen LogP contribution >= 0.6 is 34.8 Å². The number of benzene rings is 2. The first-order valence-corrected chi connectivity index (χ1v) is 16.2. The molecular formula is C35H44Cl3N3O3. The summed E-state index contributed by atoms with van der Waals surface area (Å²) >= 11 is 19.0. The van der Waals surface area contributed by atoms with Crippen LogP contribution in [0.5, 0.6) is 0 Å². The molecule has 9 heteroatoms. The van der Waals surface area contributed by atoms with Crippen LogP contribution < -0.4 is 11.1 Å². The molecule has 0 aromatic heterocycles. The van der Waals surface area contributed by atoms with Crippen LogP contribution in [0.3, 0.4) is 0 Å². The molecule has 4 rings (SSSR count). The number of nitrogens with one attached hydrogen (secondary N) is 1. The van der Waals surface area contributed by atoms with Crippen molar-refractivity contribution in [1.29, 1.82) is 0 Å². The zero-order chi connectivity index (χ0) is 32.6. The lowest BCUT2D eigenvalue weighted by Crippen LogP contribution is -2.40. The summed E-state index contributed by atoms with van der Waals surface area (Å²) in [5, 5.41) is 4.92. The van der Waals surface area contributed by atoms with Crippen LogP contribution in [0.4, 0.5) is 5.69 Å². The predicted octanol–water partition coefficient (Wildman–Crippen LogP) is 8.73. The molecule has 4 atom stereocenters. The third-order valence-electron chi connectivity index (χ3n) is 8.05. The van der Waals surface area contributed by atoms with Gasteiger partial charge in [-0.15, -0.1) is 12.8 Å². The van der Waals surface area contributed by atoms with Crippen molar-refractivity contribution in [3.8, 4) is 12.8 Å². The Bertz CT molecular complexity index is 1320. The lowest BCUT2D eigenvalue weighted by Gasteiger charge is -2.23. The summed E-state index contributed by atoms with van der Waals surface area (Å²) in [4.78, 5) is 27.6. The molecule has 44 heavy (non-hydrogen) atoms. The van der Waals surface area contributed by atoms with Crippen molar-refractivity contribution >= 4 is 58.6 Å². The van der Waals surface area contributed by atoms with E-state index in [0.717, 1.165) is 55.4 Å². The van der Waals surface area contributed by atoms with Gasteiger partial charge in [-0.2, -0.15) is 0 Å². The molecule has 3 N–H and O–H groups in total. The maximum Gasteiger partial charge on any atom is 0.293 e. The molecule has 0 spiro atoms. The van der Waals surface area contributed by atoms with Crippen molar-refractivity contribution in [1.82, 2.24) is 5.32 Å². The summed E-state index contributed by atoms with van der Waals surface area (Å²) in [6.07, 6.45) is 15.8. The third kappa shape index (κ3) is 11.5. The number of ether oxygens (including phenoxy) is 1. The number of aliphatic imine (C=N–C) groups is 1. The van der Waals surface area contributed by atoms with Gasteiger partial charge in [-0.3, -0.25) is 14.6 Å². The normalized spacial score (nSPS) is 22.3. The number of terminal acetylenes is 1. The van der Waals surface area contributed by atoms with Crippen LogP contribution in [0.2, 0.25) is 15.1 Å². The molecule has 0 saturated heterocycles. The molecule has 2 aliphatic carbocycles. The van der Waals surface area contributed by atoms with E-state index in [-0.39, 0.29) is 23.6 Å². The second-order valence-electron chi connectivity index (χ2n) is 11.3. The molecule has 0 aliphatic heterocycles. The van der Waals surface area contributed by atoms with Gasteiger partial charge in [0.25, 0.3) is 12.4 Å². The molecule has 2 aliphatic rings. The first-order chi connectivity index (χ1) is 21.1. The first-order valence-electron chi connectivity index (χ1n) is 15.1. The molecule has 1 amide bonds. The Morgan fingerprint density at radius 2 is 1.84 bits per heavy atom. The highest BCUT2D eigenvalue weighted by Crippen LogP contribution is 2.35. The largest absolute Gasteiger partial charge is 0.468 e. The maximum absolute atomic E-state index is 13.4.